The topological polar surface area (TPSA) is 86.7 Å². The van der Waals surface area contributed by atoms with Crippen LogP contribution in [0.2, 0.25) is 0 Å². The number of carbonyl (C=O) groups excluding carboxylic acids is 1. The van der Waals surface area contributed by atoms with E-state index >= 15 is 0 Å². The second kappa shape index (κ2) is 6.26. The highest BCUT2D eigenvalue weighted by molar-refractivity contribution is 7.88. The summed E-state index contributed by atoms with van der Waals surface area (Å²) in [5.41, 5.74) is 2.30. The van der Waals surface area contributed by atoms with Crippen molar-refractivity contribution >= 4 is 21.6 Å². The van der Waals surface area contributed by atoms with Gasteiger partial charge >= 0.3 is 0 Å². The van der Waals surface area contributed by atoms with Crippen LogP contribution in [-0.2, 0) is 27.8 Å². The molecular formula is C17H18N2O4S. The molecule has 1 amide bonds. The van der Waals surface area contributed by atoms with Crippen LogP contribution in [-0.4, -0.2) is 36.0 Å². The molecular weight excluding hydrogens is 328 g/mol. The first kappa shape index (κ1) is 16.5. The maximum atomic E-state index is 12.6. The second-order valence-electron chi connectivity index (χ2n) is 5.84. The summed E-state index contributed by atoms with van der Waals surface area (Å²) in [6.45, 7) is 0.174. The van der Waals surface area contributed by atoms with Gasteiger partial charge in [-0.1, -0.05) is 30.3 Å². The number of phenols is 1. The smallest absolute Gasteiger partial charge is 0.243 e. The normalized spacial score (nSPS) is 18.0. The third kappa shape index (κ3) is 3.42. The van der Waals surface area contributed by atoms with E-state index in [1.54, 1.807) is 12.1 Å². The van der Waals surface area contributed by atoms with Gasteiger partial charge < -0.3 is 10.4 Å². The molecule has 126 valence electrons. The number of nitrogens with zero attached hydrogens (tertiary/aromatic N) is 1. The van der Waals surface area contributed by atoms with Gasteiger partial charge in [-0.3, -0.25) is 4.79 Å². The number of rotatable bonds is 3. The number of aromatic hydroxyl groups is 1. The van der Waals surface area contributed by atoms with Gasteiger partial charge in [-0.2, -0.15) is 4.31 Å². The molecule has 2 aromatic carbocycles. The molecule has 3 rings (SSSR count). The summed E-state index contributed by atoms with van der Waals surface area (Å²) in [5, 5.41) is 12.2. The van der Waals surface area contributed by atoms with E-state index < -0.39 is 22.0 Å². The van der Waals surface area contributed by atoms with Crippen LogP contribution in [0.25, 0.3) is 0 Å². The van der Waals surface area contributed by atoms with E-state index in [0.717, 1.165) is 17.4 Å². The van der Waals surface area contributed by atoms with E-state index in [-0.39, 0.29) is 12.3 Å². The zero-order valence-corrected chi connectivity index (χ0v) is 14.0. The lowest BCUT2D eigenvalue weighted by Crippen LogP contribution is -2.50. The molecule has 24 heavy (non-hydrogen) atoms. The average Bonchev–Trinajstić information content (AvgIpc) is 2.52. The van der Waals surface area contributed by atoms with Crippen molar-refractivity contribution in [2.24, 2.45) is 0 Å². The van der Waals surface area contributed by atoms with Crippen LogP contribution < -0.4 is 5.32 Å². The molecule has 0 spiro atoms. The van der Waals surface area contributed by atoms with Crippen LogP contribution in [0.4, 0.5) is 5.69 Å². The highest BCUT2D eigenvalue weighted by Gasteiger charge is 2.36. The van der Waals surface area contributed by atoms with Crippen LogP contribution in [0.3, 0.4) is 0 Å². The van der Waals surface area contributed by atoms with E-state index in [9.17, 15) is 18.3 Å². The number of fused-ring (bicyclic) bond motifs is 1. The highest BCUT2D eigenvalue weighted by atomic mass is 32.2. The molecule has 2 N–H and O–H groups in total. The fourth-order valence-corrected chi connectivity index (χ4v) is 3.89. The van der Waals surface area contributed by atoms with Crippen molar-refractivity contribution in [3.8, 4) is 5.75 Å². The van der Waals surface area contributed by atoms with Gasteiger partial charge in [-0.25, -0.2) is 8.42 Å². The highest BCUT2D eigenvalue weighted by Crippen LogP contribution is 2.26. The zero-order chi connectivity index (χ0) is 17.3. The maximum Gasteiger partial charge on any atom is 0.243 e. The standard InChI is InChI=1S/C17H18N2O4S/c1-24(22,23)19-11-13-6-3-2-5-12(13)9-16(19)17(21)18-14-7-4-8-15(20)10-14/h2-8,10,16,20H,9,11H2,1H3,(H,18,21). The van der Waals surface area contributed by atoms with E-state index in [0.29, 0.717) is 12.1 Å². The number of hydrogen-bond acceptors (Lipinski definition) is 4. The van der Waals surface area contributed by atoms with Crippen LogP contribution >= 0.6 is 0 Å². The molecule has 1 unspecified atom stereocenters. The Morgan fingerprint density at radius 3 is 2.54 bits per heavy atom. The third-order valence-corrected chi connectivity index (χ3v) is 5.28. The Hall–Kier alpha value is -2.38. The third-order valence-electron chi connectivity index (χ3n) is 4.05. The van der Waals surface area contributed by atoms with Gasteiger partial charge in [0.05, 0.1) is 6.26 Å². The minimum atomic E-state index is -3.54. The van der Waals surface area contributed by atoms with Crippen molar-refractivity contribution in [2.45, 2.75) is 19.0 Å². The minimum Gasteiger partial charge on any atom is -0.508 e. The van der Waals surface area contributed by atoms with Gasteiger partial charge in [0.25, 0.3) is 0 Å². The van der Waals surface area contributed by atoms with E-state index in [4.69, 9.17) is 0 Å². The van der Waals surface area contributed by atoms with Crippen molar-refractivity contribution < 1.29 is 18.3 Å². The van der Waals surface area contributed by atoms with Gasteiger partial charge in [0, 0.05) is 18.3 Å². The molecule has 0 bridgehead atoms. The van der Waals surface area contributed by atoms with Crippen molar-refractivity contribution in [2.75, 3.05) is 11.6 Å². The number of carbonyl (C=O) groups is 1. The quantitative estimate of drug-likeness (QED) is 0.886. The van der Waals surface area contributed by atoms with Gasteiger partial charge in [0.1, 0.15) is 11.8 Å². The Bertz CT molecular complexity index is 880. The molecule has 0 aromatic heterocycles. The first-order valence-corrected chi connectivity index (χ1v) is 9.33. The van der Waals surface area contributed by atoms with E-state index in [2.05, 4.69) is 5.32 Å². The molecule has 7 heteroatoms. The fourth-order valence-electron chi connectivity index (χ4n) is 2.88. The summed E-state index contributed by atoms with van der Waals surface area (Å²) in [7, 11) is -3.54. The minimum absolute atomic E-state index is 0.0294. The lowest BCUT2D eigenvalue weighted by atomic mass is 9.95. The van der Waals surface area contributed by atoms with Crippen molar-refractivity contribution in [3.63, 3.8) is 0 Å². The molecule has 0 aliphatic carbocycles. The summed E-state index contributed by atoms with van der Waals surface area (Å²) in [5.74, 6) is -0.387. The molecule has 0 radical (unpaired) electrons. The van der Waals surface area contributed by atoms with Crippen molar-refractivity contribution in [1.82, 2.24) is 4.31 Å². The van der Waals surface area contributed by atoms with E-state index in [1.165, 1.54) is 16.4 Å². The Morgan fingerprint density at radius 1 is 1.17 bits per heavy atom. The Balaban J connectivity index is 1.90. The zero-order valence-electron chi connectivity index (χ0n) is 13.1. The van der Waals surface area contributed by atoms with E-state index in [1.807, 2.05) is 24.3 Å². The Kier molecular flexibility index (Phi) is 4.29. The summed E-state index contributed by atoms with van der Waals surface area (Å²) >= 11 is 0. The van der Waals surface area contributed by atoms with Gasteiger partial charge in [0.15, 0.2) is 0 Å². The van der Waals surface area contributed by atoms with Gasteiger partial charge in [-0.05, 0) is 29.7 Å². The van der Waals surface area contributed by atoms with Gasteiger partial charge in [0.2, 0.25) is 15.9 Å². The maximum absolute atomic E-state index is 12.6. The lowest BCUT2D eigenvalue weighted by molar-refractivity contribution is -0.120. The average molecular weight is 346 g/mol. The summed E-state index contributed by atoms with van der Waals surface area (Å²) < 4.78 is 25.5. The number of hydrogen-bond donors (Lipinski definition) is 2. The number of sulfonamides is 1. The fraction of sp³-hybridized carbons (Fsp3) is 0.235. The number of anilines is 1. The molecule has 0 fully saturated rings. The first-order valence-electron chi connectivity index (χ1n) is 7.48. The molecule has 0 saturated carbocycles. The SMILES string of the molecule is CS(=O)(=O)N1Cc2ccccc2CC1C(=O)Nc1cccc(O)c1. The van der Waals surface area contributed by atoms with Crippen LogP contribution in [0.15, 0.2) is 48.5 Å². The molecule has 1 heterocycles. The largest absolute Gasteiger partial charge is 0.508 e. The molecule has 2 aromatic rings. The number of amides is 1. The van der Waals surface area contributed by atoms with Crippen LogP contribution in [0.1, 0.15) is 11.1 Å². The van der Waals surface area contributed by atoms with Crippen molar-refractivity contribution in [1.29, 1.82) is 0 Å². The first-order chi connectivity index (χ1) is 11.3. The van der Waals surface area contributed by atoms with Crippen LogP contribution in [0.5, 0.6) is 5.75 Å². The second-order valence-corrected chi connectivity index (χ2v) is 7.77. The molecule has 1 atom stereocenters. The summed E-state index contributed by atoms with van der Waals surface area (Å²) in [6, 6.07) is 12.8. The van der Waals surface area contributed by atoms with Gasteiger partial charge in [-0.15, -0.1) is 0 Å². The predicted molar refractivity (Wildman–Crippen MR) is 91.1 cm³/mol. The molecule has 1 aliphatic heterocycles. The predicted octanol–water partition coefficient (Wildman–Crippen LogP) is 1.72. The summed E-state index contributed by atoms with van der Waals surface area (Å²) in [4.78, 5) is 12.6. The summed E-state index contributed by atoms with van der Waals surface area (Å²) in [6.07, 6.45) is 1.42. The lowest BCUT2D eigenvalue weighted by Gasteiger charge is -2.34. The monoisotopic (exact) mass is 346 g/mol. The number of benzene rings is 2. The Morgan fingerprint density at radius 2 is 1.88 bits per heavy atom. The molecule has 0 saturated heterocycles. The Labute approximate surface area is 140 Å². The number of phenolic OH excluding ortho intramolecular Hbond substituents is 1. The molecule has 1 aliphatic rings. The van der Waals surface area contributed by atoms with Crippen LogP contribution in [0, 0.1) is 0 Å². The number of nitrogens with one attached hydrogen (secondary N) is 1. The molecule has 6 nitrogen and oxygen atoms in total. The van der Waals surface area contributed by atoms with Crippen molar-refractivity contribution in [3.05, 3.63) is 59.7 Å².